The molecule has 0 saturated carbocycles. The highest BCUT2D eigenvalue weighted by Gasteiger charge is 2.26. The summed E-state index contributed by atoms with van der Waals surface area (Å²) in [6.45, 7) is 0.134. The van der Waals surface area contributed by atoms with E-state index in [0.29, 0.717) is 18.5 Å². The predicted octanol–water partition coefficient (Wildman–Crippen LogP) is 2.49. The number of guanidine groups is 1. The fourth-order valence-electron chi connectivity index (χ4n) is 1.56. The molecule has 0 aromatic heterocycles. The fraction of sp³-hybridized carbons (Fsp3) is 0.462. The van der Waals surface area contributed by atoms with Crippen molar-refractivity contribution in [1.29, 1.82) is 0 Å². The fourth-order valence-corrected chi connectivity index (χ4v) is 1.56. The van der Waals surface area contributed by atoms with Gasteiger partial charge in [-0.25, -0.2) is 4.39 Å². The van der Waals surface area contributed by atoms with Crippen LogP contribution in [0.2, 0.25) is 0 Å². The first-order valence-electron chi connectivity index (χ1n) is 6.17. The standard InChI is InChI=1S/C13H17F4N3/c1-18-12(20-9-7-13(15,16)17)19-8-6-10-4-2-3-5-11(10)14/h2-5H,6-9H2,1H3,(H2,18,19,20). The highest BCUT2D eigenvalue weighted by atomic mass is 19.4. The van der Waals surface area contributed by atoms with Crippen molar-refractivity contribution in [2.24, 2.45) is 4.99 Å². The minimum absolute atomic E-state index is 0.247. The third-order valence-electron chi connectivity index (χ3n) is 2.57. The Morgan fingerprint density at radius 3 is 2.40 bits per heavy atom. The molecular formula is C13H17F4N3. The second kappa shape index (κ2) is 7.72. The number of alkyl halides is 3. The van der Waals surface area contributed by atoms with Crippen molar-refractivity contribution in [3.8, 4) is 0 Å². The van der Waals surface area contributed by atoms with Gasteiger partial charge in [0.05, 0.1) is 6.42 Å². The van der Waals surface area contributed by atoms with Gasteiger partial charge in [-0.2, -0.15) is 13.2 Å². The van der Waals surface area contributed by atoms with Gasteiger partial charge < -0.3 is 10.6 Å². The van der Waals surface area contributed by atoms with Crippen LogP contribution in [0.5, 0.6) is 0 Å². The third kappa shape index (κ3) is 6.40. The van der Waals surface area contributed by atoms with Crippen molar-refractivity contribution in [2.75, 3.05) is 20.1 Å². The molecule has 3 nitrogen and oxygen atoms in total. The van der Waals surface area contributed by atoms with Crippen molar-refractivity contribution < 1.29 is 17.6 Å². The molecule has 0 bridgehead atoms. The Kier molecular flexibility index (Phi) is 6.27. The largest absolute Gasteiger partial charge is 0.390 e. The molecule has 0 aliphatic rings. The molecule has 2 N–H and O–H groups in total. The zero-order valence-corrected chi connectivity index (χ0v) is 11.1. The van der Waals surface area contributed by atoms with E-state index in [1.165, 1.54) is 13.1 Å². The van der Waals surface area contributed by atoms with Crippen molar-refractivity contribution >= 4 is 5.96 Å². The summed E-state index contributed by atoms with van der Waals surface area (Å²) in [6, 6.07) is 6.36. The van der Waals surface area contributed by atoms with Crippen LogP contribution < -0.4 is 10.6 Å². The van der Waals surface area contributed by atoms with Crippen molar-refractivity contribution in [3.05, 3.63) is 35.6 Å². The summed E-state index contributed by atoms with van der Waals surface area (Å²) in [5, 5.41) is 5.39. The Hall–Kier alpha value is -1.79. The van der Waals surface area contributed by atoms with Crippen molar-refractivity contribution in [1.82, 2.24) is 10.6 Å². The summed E-state index contributed by atoms with van der Waals surface area (Å²) in [4.78, 5) is 3.79. The van der Waals surface area contributed by atoms with Crippen LogP contribution in [-0.4, -0.2) is 32.3 Å². The molecule has 0 radical (unpaired) electrons. The number of benzene rings is 1. The normalized spacial score (nSPS) is 12.3. The first-order chi connectivity index (χ1) is 9.42. The topological polar surface area (TPSA) is 36.4 Å². The average molecular weight is 291 g/mol. The van der Waals surface area contributed by atoms with Crippen LogP contribution in [0, 0.1) is 5.82 Å². The molecule has 0 aliphatic carbocycles. The lowest BCUT2D eigenvalue weighted by Gasteiger charge is -2.13. The minimum atomic E-state index is -4.20. The second-order valence-electron chi connectivity index (χ2n) is 4.13. The summed E-state index contributed by atoms with van der Waals surface area (Å²) < 4.78 is 49.3. The number of halogens is 4. The summed E-state index contributed by atoms with van der Waals surface area (Å²) in [7, 11) is 1.46. The summed E-state index contributed by atoms with van der Waals surface area (Å²) in [5.41, 5.74) is 0.547. The molecule has 0 aliphatic heterocycles. The molecule has 0 atom stereocenters. The molecular weight excluding hydrogens is 274 g/mol. The molecule has 0 fully saturated rings. The maximum atomic E-state index is 13.3. The molecule has 0 spiro atoms. The Labute approximate surface area is 115 Å². The molecule has 1 rings (SSSR count). The predicted molar refractivity (Wildman–Crippen MR) is 70.1 cm³/mol. The Morgan fingerprint density at radius 2 is 1.80 bits per heavy atom. The second-order valence-corrected chi connectivity index (χ2v) is 4.13. The maximum absolute atomic E-state index is 13.3. The molecule has 0 saturated heterocycles. The lowest BCUT2D eigenvalue weighted by molar-refractivity contribution is -0.132. The number of hydrogen-bond acceptors (Lipinski definition) is 1. The van der Waals surface area contributed by atoms with Gasteiger partial charge in [0.25, 0.3) is 0 Å². The number of aliphatic imine (C=N–C) groups is 1. The van der Waals surface area contributed by atoms with Gasteiger partial charge in [0, 0.05) is 20.1 Å². The number of hydrogen-bond donors (Lipinski definition) is 2. The monoisotopic (exact) mass is 291 g/mol. The van der Waals surface area contributed by atoms with Gasteiger partial charge in [0.15, 0.2) is 5.96 Å². The van der Waals surface area contributed by atoms with Crippen LogP contribution in [-0.2, 0) is 6.42 Å². The summed E-state index contributed by atoms with van der Waals surface area (Å²) >= 11 is 0. The minimum Gasteiger partial charge on any atom is -0.356 e. The van der Waals surface area contributed by atoms with Crippen molar-refractivity contribution in [3.63, 3.8) is 0 Å². The maximum Gasteiger partial charge on any atom is 0.390 e. The van der Waals surface area contributed by atoms with Crippen LogP contribution in [0.15, 0.2) is 29.3 Å². The molecule has 0 amide bonds. The molecule has 112 valence electrons. The van der Waals surface area contributed by atoms with Crippen molar-refractivity contribution in [2.45, 2.75) is 19.0 Å². The van der Waals surface area contributed by atoms with Crippen LogP contribution in [0.1, 0.15) is 12.0 Å². The average Bonchev–Trinajstić information content (AvgIpc) is 2.37. The first kappa shape index (κ1) is 16.3. The van der Waals surface area contributed by atoms with E-state index in [9.17, 15) is 17.6 Å². The van der Waals surface area contributed by atoms with Gasteiger partial charge in [-0.1, -0.05) is 18.2 Å². The van der Waals surface area contributed by atoms with E-state index in [2.05, 4.69) is 15.6 Å². The van der Waals surface area contributed by atoms with Crippen LogP contribution in [0.25, 0.3) is 0 Å². The Balaban J connectivity index is 2.30. The van der Waals surface area contributed by atoms with Gasteiger partial charge in [0.1, 0.15) is 5.82 Å². The lowest BCUT2D eigenvalue weighted by atomic mass is 10.1. The zero-order chi connectivity index (χ0) is 15.0. The highest BCUT2D eigenvalue weighted by Crippen LogP contribution is 2.17. The van der Waals surface area contributed by atoms with Crippen LogP contribution >= 0.6 is 0 Å². The zero-order valence-electron chi connectivity index (χ0n) is 11.1. The van der Waals surface area contributed by atoms with E-state index in [1.807, 2.05) is 0 Å². The molecule has 0 unspecified atom stereocenters. The summed E-state index contributed by atoms with van der Waals surface area (Å²) in [5.74, 6) is -0.0279. The lowest BCUT2D eigenvalue weighted by Crippen LogP contribution is -2.39. The van der Waals surface area contributed by atoms with Gasteiger partial charge >= 0.3 is 6.18 Å². The molecule has 1 aromatic rings. The highest BCUT2D eigenvalue weighted by molar-refractivity contribution is 5.79. The number of rotatable bonds is 5. The molecule has 0 heterocycles. The van der Waals surface area contributed by atoms with Crippen LogP contribution in [0.4, 0.5) is 17.6 Å². The van der Waals surface area contributed by atoms with E-state index < -0.39 is 12.6 Å². The van der Waals surface area contributed by atoms with E-state index in [0.717, 1.165) is 0 Å². The third-order valence-corrected chi connectivity index (χ3v) is 2.57. The SMILES string of the molecule is CN=C(NCCc1ccccc1F)NCCC(F)(F)F. The summed E-state index contributed by atoms with van der Waals surface area (Å²) in [6.07, 6.45) is -4.70. The van der Waals surface area contributed by atoms with Gasteiger partial charge in [0.2, 0.25) is 0 Å². The molecule has 7 heteroatoms. The Morgan fingerprint density at radius 1 is 1.15 bits per heavy atom. The van der Waals surface area contributed by atoms with E-state index in [-0.39, 0.29) is 18.3 Å². The van der Waals surface area contributed by atoms with E-state index in [4.69, 9.17) is 0 Å². The number of nitrogens with one attached hydrogen (secondary N) is 2. The first-order valence-corrected chi connectivity index (χ1v) is 6.17. The molecule has 20 heavy (non-hydrogen) atoms. The van der Waals surface area contributed by atoms with Crippen LogP contribution in [0.3, 0.4) is 0 Å². The van der Waals surface area contributed by atoms with Gasteiger partial charge in [-0.15, -0.1) is 0 Å². The van der Waals surface area contributed by atoms with E-state index >= 15 is 0 Å². The quantitative estimate of drug-likeness (QED) is 0.497. The number of nitrogens with zero attached hydrogens (tertiary/aromatic N) is 1. The van der Waals surface area contributed by atoms with Gasteiger partial charge in [-0.05, 0) is 18.1 Å². The van der Waals surface area contributed by atoms with Gasteiger partial charge in [-0.3, -0.25) is 4.99 Å². The smallest absolute Gasteiger partial charge is 0.356 e. The molecule has 1 aromatic carbocycles. The van der Waals surface area contributed by atoms with E-state index in [1.54, 1.807) is 18.2 Å². The Bertz CT molecular complexity index is 443.